The van der Waals surface area contributed by atoms with E-state index >= 15 is 0 Å². The number of aryl methyl sites for hydroxylation is 1. The second-order valence-electron chi connectivity index (χ2n) is 7.71. The van der Waals surface area contributed by atoms with Crippen LogP contribution in [0.3, 0.4) is 0 Å². The number of hydrogen-bond donors (Lipinski definition) is 1. The van der Waals surface area contributed by atoms with Gasteiger partial charge in [-0.15, -0.1) is 0 Å². The van der Waals surface area contributed by atoms with Crippen molar-refractivity contribution in [3.63, 3.8) is 0 Å². The minimum absolute atomic E-state index is 0.259. The Balaban J connectivity index is 1.42. The van der Waals surface area contributed by atoms with E-state index in [9.17, 15) is 14.0 Å². The highest BCUT2D eigenvalue weighted by atomic mass is 19.1. The molecular weight excluding hydrogens is 413 g/mol. The fourth-order valence-electron chi connectivity index (χ4n) is 3.78. The Kier molecular flexibility index (Phi) is 6.36. The van der Waals surface area contributed by atoms with Crippen LogP contribution in [0.2, 0.25) is 0 Å². The predicted molar refractivity (Wildman–Crippen MR) is 119 cm³/mol. The van der Waals surface area contributed by atoms with E-state index in [1.165, 1.54) is 24.3 Å². The van der Waals surface area contributed by atoms with Crippen LogP contribution in [0.5, 0.6) is 0 Å². The van der Waals surface area contributed by atoms with Crippen LogP contribution >= 0.6 is 0 Å². The lowest BCUT2D eigenvalue weighted by molar-refractivity contribution is 0.0770. The number of amides is 2. The van der Waals surface area contributed by atoms with Crippen LogP contribution in [0.4, 0.5) is 14.9 Å². The van der Waals surface area contributed by atoms with Gasteiger partial charge in [-0.1, -0.05) is 0 Å². The van der Waals surface area contributed by atoms with Gasteiger partial charge in [0.05, 0.1) is 24.2 Å². The monoisotopic (exact) mass is 439 g/mol. The number of nitrogens with zero attached hydrogens (tertiary/aromatic N) is 4. The smallest absolute Gasteiger partial charge is 0.409 e. The van der Waals surface area contributed by atoms with Crippen molar-refractivity contribution in [1.29, 1.82) is 0 Å². The number of benzene rings is 2. The van der Waals surface area contributed by atoms with Gasteiger partial charge in [0, 0.05) is 44.5 Å². The number of carbonyl (C=O) groups excluding carboxylic acids is 2. The average Bonchev–Trinajstić information content (AvgIpc) is 3.09. The highest BCUT2D eigenvalue weighted by Crippen LogP contribution is 2.21. The number of anilines is 1. The van der Waals surface area contributed by atoms with E-state index in [2.05, 4.69) is 10.2 Å². The lowest BCUT2D eigenvalue weighted by Crippen LogP contribution is -2.48. The first-order valence-electron chi connectivity index (χ1n) is 10.6. The van der Waals surface area contributed by atoms with Crippen molar-refractivity contribution >= 4 is 28.7 Å². The van der Waals surface area contributed by atoms with Crippen LogP contribution in [0.25, 0.3) is 11.0 Å². The zero-order valence-corrected chi connectivity index (χ0v) is 18.2. The zero-order chi connectivity index (χ0) is 22.7. The Bertz CT molecular complexity index is 1120. The summed E-state index contributed by atoms with van der Waals surface area (Å²) in [6.07, 6.45) is -0.259. The highest BCUT2D eigenvalue weighted by molar-refractivity contribution is 6.04. The summed E-state index contributed by atoms with van der Waals surface area (Å²) < 4.78 is 20.2. The number of fused-ring (bicyclic) bond motifs is 1. The second-order valence-corrected chi connectivity index (χ2v) is 7.71. The Labute approximate surface area is 185 Å². The van der Waals surface area contributed by atoms with Crippen molar-refractivity contribution in [2.24, 2.45) is 7.05 Å². The maximum atomic E-state index is 13.1. The van der Waals surface area contributed by atoms with Crippen molar-refractivity contribution in [3.8, 4) is 0 Å². The van der Waals surface area contributed by atoms with Gasteiger partial charge in [-0.3, -0.25) is 9.69 Å². The van der Waals surface area contributed by atoms with Gasteiger partial charge >= 0.3 is 6.09 Å². The number of nitrogens with one attached hydrogen (secondary N) is 1. The van der Waals surface area contributed by atoms with Crippen LogP contribution in [-0.2, 0) is 18.3 Å². The third kappa shape index (κ3) is 4.72. The van der Waals surface area contributed by atoms with E-state index in [1.54, 1.807) is 11.8 Å². The number of halogens is 1. The van der Waals surface area contributed by atoms with Crippen LogP contribution in [-0.4, -0.2) is 64.1 Å². The molecule has 0 spiro atoms. The van der Waals surface area contributed by atoms with Crippen LogP contribution < -0.4 is 5.32 Å². The normalized spacial score (nSPS) is 14.5. The molecule has 1 fully saturated rings. The van der Waals surface area contributed by atoms with E-state index in [0.29, 0.717) is 37.5 Å². The molecule has 9 heteroatoms. The molecule has 1 N–H and O–H groups in total. The third-order valence-corrected chi connectivity index (χ3v) is 5.60. The summed E-state index contributed by atoms with van der Waals surface area (Å²) in [5, 5.41) is 2.84. The Morgan fingerprint density at radius 2 is 1.81 bits per heavy atom. The van der Waals surface area contributed by atoms with Gasteiger partial charge in [0.25, 0.3) is 5.91 Å². The standard InChI is InChI=1S/C23H26FN5O3/c1-3-32-23(31)29-12-10-28(11-13-29)15-21-26-19-14-18(8-9-20(19)27(21)2)25-22(30)16-4-6-17(24)7-5-16/h4-9,14H,3,10-13,15H2,1-2H3,(H,25,30). The van der Waals surface area contributed by atoms with Gasteiger partial charge in [0.1, 0.15) is 11.6 Å². The summed E-state index contributed by atoms with van der Waals surface area (Å²) in [5.74, 6) is 0.220. The molecule has 2 heterocycles. The molecule has 3 aromatic rings. The molecule has 0 atom stereocenters. The molecule has 0 bridgehead atoms. The van der Waals surface area contributed by atoms with E-state index in [-0.39, 0.29) is 17.8 Å². The van der Waals surface area contributed by atoms with E-state index in [1.807, 2.05) is 29.8 Å². The largest absolute Gasteiger partial charge is 0.450 e. The summed E-state index contributed by atoms with van der Waals surface area (Å²) in [4.78, 5) is 33.0. The topological polar surface area (TPSA) is 79.7 Å². The number of rotatable bonds is 5. The molecule has 2 amide bonds. The van der Waals surface area contributed by atoms with Gasteiger partial charge in [-0.25, -0.2) is 14.2 Å². The first kappa shape index (κ1) is 21.8. The predicted octanol–water partition coefficient (Wildman–Crippen LogP) is 3.24. The first-order chi connectivity index (χ1) is 15.4. The molecule has 8 nitrogen and oxygen atoms in total. The van der Waals surface area contributed by atoms with Gasteiger partial charge in [0.2, 0.25) is 0 Å². The molecule has 0 radical (unpaired) electrons. The minimum atomic E-state index is -0.383. The maximum Gasteiger partial charge on any atom is 0.409 e. The number of imidazole rings is 1. The Morgan fingerprint density at radius 1 is 1.09 bits per heavy atom. The van der Waals surface area contributed by atoms with E-state index in [4.69, 9.17) is 9.72 Å². The number of ether oxygens (including phenoxy) is 1. The summed E-state index contributed by atoms with van der Waals surface area (Å²) in [5.41, 5.74) is 2.75. The number of hydrogen-bond acceptors (Lipinski definition) is 5. The second kappa shape index (κ2) is 9.35. The number of carbonyl (C=O) groups is 2. The number of piperazine rings is 1. The quantitative estimate of drug-likeness (QED) is 0.660. The van der Waals surface area contributed by atoms with Crippen LogP contribution in [0.15, 0.2) is 42.5 Å². The minimum Gasteiger partial charge on any atom is -0.450 e. The fourth-order valence-corrected chi connectivity index (χ4v) is 3.78. The molecule has 32 heavy (non-hydrogen) atoms. The highest BCUT2D eigenvalue weighted by Gasteiger charge is 2.23. The molecule has 1 aliphatic rings. The van der Waals surface area contributed by atoms with Gasteiger partial charge in [0.15, 0.2) is 0 Å². The molecule has 2 aromatic carbocycles. The van der Waals surface area contributed by atoms with Gasteiger partial charge < -0.3 is 19.5 Å². The van der Waals surface area contributed by atoms with Crippen LogP contribution in [0.1, 0.15) is 23.1 Å². The molecule has 1 aliphatic heterocycles. The van der Waals surface area contributed by atoms with E-state index < -0.39 is 0 Å². The Morgan fingerprint density at radius 3 is 2.50 bits per heavy atom. The molecule has 4 rings (SSSR count). The lowest BCUT2D eigenvalue weighted by Gasteiger charge is -2.33. The third-order valence-electron chi connectivity index (χ3n) is 5.60. The van der Waals surface area contributed by atoms with Crippen molar-refractivity contribution < 1.29 is 18.7 Å². The maximum absolute atomic E-state index is 13.1. The average molecular weight is 439 g/mol. The van der Waals surface area contributed by atoms with Crippen molar-refractivity contribution in [2.45, 2.75) is 13.5 Å². The van der Waals surface area contributed by atoms with Crippen LogP contribution in [0, 0.1) is 5.82 Å². The molecule has 0 saturated carbocycles. The van der Waals surface area contributed by atoms with Gasteiger partial charge in [-0.2, -0.15) is 0 Å². The molecule has 168 valence electrons. The number of aromatic nitrogens is 2. The van der Waals surface area contributed by atoms with Gasteiger partial charge in [-0.05, 0) is 49.4 Å². The summed E-state index contributed by atoms with van der Waals surface area (Å²) in [7, 11) is 1.97. The van der Waals surface area contributed by atoms with E-state index in [0.717, 1.165) is 29.9 Å². The molecule has 1 saturated heterocycles. The summed E-state index contributed by atoms with van der Waals surface area (Å²) in [6.45, 7) is 5.61. The lowest BCUT2D eigenvalue weighted by atomic mass is 10.2. The Hall–Kier alpha value is -3.46. The zero-order valence-electron chi connectivity index (χ0n) is 18.2. The van der Waals surface area contributed by atoms with Crippen molar-refractivity contribution in [3.05, 3.63) is 59.7 Å². The molecule has 1 aromatic heterocycles. The van der Waals surface area contributed by atoms with Crippen molar-refractivity contribution in [2.75, 3.05) is 38.1 Å². The summed E-state index contributed by atoms with van der Waals surface area (Å²) >= 11 is 0. The summed E-state index contributed by atoms with van der Waals surface area (Å²) in [6, 6.07) is 11.0. The molecule has 0 aliphatic carbocycles. The SMILES string of the molecule is CCOC(=O)N1CCN(Cc2nc3cc(NC(=O)c4ccc(F)cc4)ccc3n2C)CC1. The molecule has 0 unspecified atom stereocenters. The fraction of sp³-hybridized carbons (Fsp3) is 0.348. The first-order valence-corrected chi connectivity index (χ1v) is 10.6. The van der Waals surface area contributed by atoms with Crippen molar-refractivity contribution in [1.82, 2.24) is 19.4 Å². The molecular formula is C23H26FN5O3.